The zero-order valence-corrected chi connectivity index (χ0v) is 6.00. The van der Waals surface area contributed by atoms with Crippen LogP contribution in [0.4, 0.5) is 0 Å². The first-order chi connectivity index (χ1) is 5.27. The maximum absolute atomic E-state index is 10.5. The van der Waals surface area contributed by atoms with Crippen LogP contribution < -0.4 is 0 Å². The van der Waals surface area contributed by atoms with Crippen LogP contribution in [-0.4, -0.2) is 11.1 Å². The lowest BCUT2D eigenvalue weighted by Crippen LogP contribution is -2.09. The first kappa shape index (κ1) is 6.40. The van der Waals surface area contributed by atoms with Crippen molar-refractivity contribution in [3.8, 4) is 0 Å². The summed E-state index contributed by atoms with van der Waals surface area (Å²) in [7, 11) is 0. The van der Waals surface area contributed by atoms with Gasteiger partial charge in [0, 0.05) is 0 Å². The zero-order chi connectivity index (χ0) is 7.84. The minimum Gasteiger partial charge on any atom is -0.478 e. The number of rotatable bonds is 1. The summed E-state index contributed by atoms with van der Waals surface area (Å²) in [5, 5.41) is 8.62. The highest BCUT2D eigenvalue weighted by Gasteiger charge is 2.14. The minimum absolute atomic E-state index is 0.406. The SMILES string of the molecule is O=C(O)c1ccc2c(c1)CC2. The van der Waals surface area contributed by atoms with Crippen LogP contribution in [0.1, 0.15) is 21.5 Å². The second-order valence-electron chi connectivity index (χ2n) is 2.79. The Morgan fingerprint density at radius 3 is 2.45 bits per heavy atom. The van der Waals surface area contributed by atoms with E-state index in [-0.39, 0.29) is 0 Å². The number of hydrogen-bond acceptors (Lipinski definition) is 1. The summed E-state index contributed by atoms with van der Waals surface area (Å²) in [5.74, 6) is -0.834. The van der Waals surface area contributed by atoms with Gasteiger partial charge in [0.1, 0.15) is 0 Å². The molecule has 56 valence electrons. The standard InChI is InChI=1S/C9H8O2/c10-9(11)8-4-2-6-1-3-7(6)5-8/h2,4-5H,1,3H2,(H,10,11). The van der Waals surface area contributed by atoms with E-state index in [0.717, 1.165) is 12.8 Å². The predicted molar refractivity (Wildman–Crippen MR) is 40.8 cm³/mol. The van der Waals surface area contributed by atoms with E-state index in [9.17, 15) is 4.79 Å². The van der Waals surface area contributed by atoms with Gasteiger partial charge in [-0.15, -0.1) is 0 Å². The average Bonchev–Trinajstić information content (AvgIpc) is 1.91. The van der Waals surface area contributed by atoms with Crippen LogP contribution in [0.15, 0.2) is 18.2 Å². The smallest absolute Gasteiger partial charge is 0.335 e. The molecule has 0 unspecified atom stereocenters. The van der Waals surface area contributed by atoms with Gasteiger partial charge in [-0.3, -0.25) is 0 Å². The van der Waals surface area contributed by atoms with Crippen molar-refractivity contribution in [2.75, 3.05) is 0 Å². The number of hydrogen-bond donors (Lipinski definition) is 1. The summed E-state index contributed by atoms with van der Waals surface area (Å²) in [4.78, 5) is 10.5. The molecule has 0 saturated carbocycles. The molecular formula is C9H8O2. The molecule has 0 saturated heterocycles. The third-order valence-electron chi connectivity index (χ3n) is 2.12. The fraction of sp³-hybridized carbons (Fsp3) is 0.222. The van der Waals surface area contributed by atoms with Crippen LogP contribution in [0.25, 0.3) is 0 Å². The van der Waals surface area contributed by atoms with Crippen molar-refractivity contribution in [2.24, 2.45) is 0 Å². The van der Waals surface area contributed by atoms with Gasteiger partial charge in [-0.2, -0.15) is 0 Å². The highest BCUT2D eigenvalue weighted by molar-refractivity contribution is 5.88. The molecule has 0 spiro atoms. The maximum Gasteiger partial charge on any atom is 0.335 e. The zero-order valence-electron chi connectivity index (χ0n) is 6.00. The summed E-state index contributed by atoms with van der Waals surface area (Å²) in [6.07, 6.45) is 2.14. The Hall–Kier alpha value is -1.31. The van der Waals surface area contributed by atoms with Gasteiger partial charge in [0.05, 0.1) is 5.56 Å². The number of carbonyl (C=O) groups is 1. The molecule has 2 rings (SSSR count). The summed E-state index contributed by atoms with van der Waals surface area (Å²) in [6, 6.07) is 5.34. The van der Waals surface area contributed by atoms with Crippen molar-refractivity contribution >= 4 is 5.97 Å². The predicted octanol–water partition coefficient (Wildman–Crippen LogP) is 1.48. The highest BCUT2D eigenvalue weighted by atomic mass is 16.4. The molecule has 0 radical (unpaired) electrons. The number of aromatic carboxylic acids is 1. The van der Waals surface area contributed by atoms with Gasteiger partial charge in [0.25, 0.3) is 0 Å². The molecule has 1 aliphatic rings. The van der Waals surface area contributed by atoms with Gasteiger partial charge in [0.2, 0.25) is 0 Å². The number of fused-ring (bicyclic) bond motifs is 1. The number of aryl methyl sites for hydroxylation is 2. The van der Waals surface area contributed by atoms with E-state index < -0.39 is 5.97 Å². The Morgan fingerprint density at radius 2 is 2.00 bits per heavy atom. The van der Waals surface area contributed by atoms with Gasteiger partial charge in [-0.25, -0.2) is 4.79 Å². The summed E-state index contributed by atoms with van der Waals surface area (Å²) >= 11 is 0. The Balaban J connectivity index is 2.46. The van der Waals surface area contributed by atoms with E-state index in [0.29, 0.717) is 5.56 Å². The first-order valence-electron chi connectivity index (χ1n) is 3.62. The van der Waals surface area contributed by atoms with Crippen LogP contribution in [0.3, 0.4) is 0 Å². The van der Waals surface area contributed by atoms with Crippen molar-refractivity contribution in [3.63, 3.8) is 0 Å². The molecule has 0 heterocycles. The molecule has 0 fully saturated rings. The third kappa shape index (κ3) is 0.909. The van der Waals surface area contributed by atoms with Crippen LogP contribution in [0.5, 0.6) is 0 Å². The van der Waals surface area contributed by atoms with E-state index in [1.807, 2.05) is 6.07 Å². The lowest BCUT2D eigenvalue weighted by atomic mass is 9.87. The van der Waals surface area contributed by atoms with Crippen LogP contribution >= 0.6 is 0 Å². The van der Waals surface area contributed by atoms with Crippen LogP contribution in [-0.2, 0) is 12.8 Å². The van der Waals surface area contributed by atoms with E-state index in [1.165, 1.54) is 11.1 Å². The first-order valence-corrected chi connectivity index (χ1v) is 3.62. The molecule has 1 aromatic rings. The normalized spacial score (nSPS) is 13.5. The molecule has 2 heteroatoms. The second kappa shape index (κ2) is 2.09. The van der Waals surface area contributed by atoms with E-state index in [4.69, 9.17) is 5.11 Å². The van der Waals surface area contributed by atoms with Crippen molar-refractivity contribution in [1.29, 1.82) is 0 Å². The molecule has 1 aromatic carbocycles. The van der Waals surface area contributed by atoms with E-state index in [1.54, 1.807) is 12.1 Å². The molecule has 11 heavy (non-hydrogen) atoms. The lowest BCUT2D eigenvalue weighted by molar-refractivity contribution is 0.0696. The van der Waals surface area contributed by atoms with Gasteiger partial charge < -0.3 is 5.11 Å². The molecular weight excluding hydrogens is 140 g/mol. The molecule has 0 atom stereocenters. The molecule has 0 aliphatic heterocycles. The third-order valence-corrected chi connectivity index (χ3v) is 2.12. The number of carboxylic acids is 1. The molecule has 1 aliphatic carbocycles. The Labute approximate surface area is 64.5 Å². The highest BCUT2D eigenvalue weighted by Crippen LogP contribution is 2.23. The molecule has 2 nitrogen and oxygen atoms in total. The fourth-order valence-corrected chi connectivity index (χ4v) is 1.33. The summed E-state index contributed by atoms with van der Waals surface area (Å²) in [6.45, 7) is 0. The van der Waals surface area contributed by atoms with E-state index in [2.05, 4.69) is 0 Å². The number of carboxylic acid groups (broad SMARTS) is 1. The molecule has 0 bridgehead atoms. The van der Waals surface area contributed by atoms with Crippen molar-refractivity contribution in [2.45, 2.75) is 12.8 Å². The van der Waals surface area contributed by atoms with Crippen LogP contribution in [0, 0.1) is 0 Å². The largest absolute Gasteiger partial charge is 0.478 e. The van der Waals surface area contributed by atoms with Crippen molar-refractivity contribution in [1.82, 2.24) is 0 Å². The van der Waals surface area contributed by atoms with Gasteiger partial charge >= 0.3 is 5.97 Å². The van der Waals surface area contributed by atoms with Crippen LogP contribution in [0.2, 0.25) is 0 Å². The van der Waals surface area contributed by atoms with Gasteiger partial charge in [-0.1, -0.05) is 6.07 Å². The number of benzene rings is 1. The Morgan fingerprint density at radius 1 is 1.27 bits per heavy atom. The molecule has 0 aromatic heterocycles. The lowest BCUT2D eigenvalue weighted by Gasteiger charge is -2.18. The fourth-order valence-electron chi connectivity index (χ4n) is 1.33. The molecule has 0 amide bonds. The van der Waals surface area contributed by atoms with Crippen molar-refractivity contribution < 1.29 is 9.90 Å². The summed E-state index contributed by atoms with van der Waals surface area (Å²) in [5.41, 5.74) is 2.91. The molecule has 1 N–H and O–H groups in total. The quantitative estimate of drug-likeness (QED) is 0.655. The topological polar surface area (TPSA) is 37.3 Å². The van der Waals surface area contributed by atoms with Gasteiger partial charge in [-0.05, 0) is 36.1 Å². The second-order valence-corrected chi connectivity index (χ2v) is 2.79. The monoisotopic (exact) mass is 148 g/mol. The Kier molecular flexibility index (Phi) is 1.22. The van der Waals surface area contributed by atoms with Gasteiger partial charge in [0.15, 0.2) is 0 Å². The summed E-state index contributed by atoms with van der Waals surface area (Å²) < 4.78 is 0. The average molecular weight is 148 g/mol. The van der Waals surface area contributed by atoms with E-state index >= 15 is 0 Å². The maximum atomic E-state index is 10.5. The Bertz CT molecular complexity index is 315. The minimum atomic E-state index is -0.834. The van der Waals surface area contributed by atoms with Crippen molar-refractivity contribution in [3.05, 3.63) is 34.9 Å².